The Labute approximate surface area is 262 Å². The van der Waals surface area contributed by atoms with Crippen LogP contribution in [-0.4, -0.2) is 65.4 Å². The number of fused-ring (bicyclic) bond motifs is 1. The molecule has 8 heteroatoms. The van der Waals surface area contributed by atoms with E-state index in [0.29, 0.717) is 29.0 Å². The number of nitrogens with zero attached hydrogens (tertiary/aromatic N) is 4. The predicted octanol–water partition coefficient (Wildman–Crippen LogP) is 7.52. The Morgan fingerprint density at radius 2 is 1.77 bits per heavy atom. The van der Waals surface area contributed by atoms with Gasteiger partial charge in [0.1, 0.15) is 5.82 Å². The molecule has 0 bridgehead atoms. The molecule has 3 aromatic rings. The molecule has 0 aliphatic carbocycles. The number of rotatable bonds is 9. The third-order valence-electron chi connectivity index (χ3n) is 8.17. The first-order valence-corrected chi connectivity index (χ1v) is 16.1. The molecule has 2 aromatic carbocycles. The molecule has 44 heavy (non-hydrogen) atoms. The molecular weight excluding hydrogens is 555 g/mol. The molecule has 1 fully saturated rings. The lowest BCUT2D eigenvalue weighted by Crippen LogP contribution is -2.30. The van der Waals surface area contributed by atoms with E-state index in [1.165, 1.54) is 11.6 Å². The number of likely N-dealkylation sites (tertiary alicyclic amines) is 1. The van der Waals surface area contributed by atoms with E-state index in [-0.39, 0.29) is 12.2 Å². The third-order valence-corrected chi connectivity index (χ3v) is 8.17. The van der Waals surface area contributed by atoms with Crippen LogP contribution in [-0.2, 0) is 22.5 Å². The molecule has 0 spiro atoms. The van der Waals surface area contributed by atoms with Crippen LogP contribution in [0.3, 0.4) is 0 Å². The topological polar surface area (TPSA) is 67.7 Å². The second-order valence-electron chi connectivity index (χ2n) is 10.8. The number of halogens is 1. The van der Waals surface area contributed by atoms with Gasteiger partial charge in [-0.1, -0.05) is 52.0 Å². The van der Waals surface area contributed by atoms with Crippen molar-refractivity contribution in [2.24, 2.45) is 0 Å². The number of aldehydes is 1. The zero-order chi connectivity index (χ0) is 32.2. The van der Waals surface area contributed by atoms with E-state index in [1.54, 1.807) is 37.5 Å². The maximum Gasteiger partial charge on any atom is 0.335 e. The van der Waals surface area contributed by atoms with Gasteiger partial charge in [-0.05, 0) is 99.1 Å². The van der Waals surface area contributed by atoms with Crippen LogP contribution in [0.2, 0.25) is 0 Å². The lowest BCUT2D eigenvalue weighted by Gasteiger charge is -2.29. The van der Waals surface area contributed by atoms with Crippen molar-refractivity contribution < 1.29 is 18.7 Å². The largest absolute Gasteiger partial charge is 0.464 e. The first kappa shape index (κ1) is 34.7. The van der Waals surface area contributed by atoms with Crippen molar-refractivity contribution in [1.82, 2.24) is 19.4 Å². The fraction of sp³-hybridized carbons (Fsp3) is 0.472. The predicted molar refractivity (Wildman–Crippen MR) is 176 cm³/mol. The van der Waals surface area contributed by atoms with Gasteiger partial charge in [-0.15, -0.1) is 0 Å². The van der Waals surface area contributed by atoms with Gasteiger partial charge >= 0.3 is 5.97 Å². The van der Waals surface area contributed by atoms with Gasteiger partial charge in [0, 0.05) is 25.5 Å². The Morgan fingerprint density at radius 3 is 2.41 bits per heavy atom. The third kappa shape index (κ3) is 8.03. The summed E-state index contributed by atoms with van der Waals surface area (Å²) in [5.74, 6) is -0.441. The number of benzene rings is 2. The zero-order valence-corrected chi connectivity index (χ0v) is 27.5. The second-order valence-corrected chi connectivity index (χ2v) is 10.8. The molecule has 0 radical (unpaired) electrons. The number of imidazole rings is 1. The van der Waals surface area contributed by atoms with E-state index in [4.69, 9.17) is 4.74 Å². The van der Waals surface area contributed by atoms with Crippen LogP contribution in [0.5, 0.6) is 0 Å². The molecule has 0 amide bonds. The Kier molecular flexibility index (Phi) is 13.3. The van der Waals surface area contributed by atoms with Gasteiger partial charge in [0.05, 0.1) is 24.2 Å². The summed E-state index contributed by atoms with van der Waals surface area (Å²) in [6.07, 6.45) is 9.79. The van der Waals surface area contributed by atoms with Crippen molar-refractivity contribution in [2.45, 2.75) is 78.8 Å². The first-order chi connectivity index (χ1) is 21.4. The summed E-state index contributed by atoms with van der Waals surface area (Å²) in [6.45, 7) is 13.1. The zero-order valence-electron chi connectivity index (χ0n) is 27.5. The maximum atomic E-state index is 15.1. The monoisotopic (exact) mass is 604 g/mol. The molecule has 0 N–H and O–H groups in total. The SMILES string of the molecule is CC.CC.CCOC(=O)C(c1ncn2c1CCC2)N(C)/C=C\c1cc(-c2ccc(C3CCN(C)CC3)cc2)cc(F)c1C=O. The summed E-state index contributed by atoms with van der Waals surface area (Å²) in [7, 11) is 3.92. The molecule has 1 aromatic heterocycles. The molecule has 2 aliphatic heterocycles. The highest BCUT2D eigenvalue weighted by Crippen LogP contribution is 2.32. The average molecular weight is 605 g/mol. The average Bonchev–Trinajstić information content (AvgIpc) is 3.68. The van der Waals surface area contributed by atoms with Crippen LogP contribution in [0.4, 0.5) is 4.39 Å². The highest BCUT2D eigenvalue weighted by Gasteiger charge is 2.32. The van der Waals surface area contributed by atoms with Gasteiger partial charge in [-0.2, -0.15) is 0 Å². The Hall–Kier alpha value is -3.78. The van der Waals surface area contributed by atoms with Crippen molar-refractivity contribution in [3.05, 3.63) is 82.8 Å². The molecule has 5 rings (SSSR count). The lowest BCUT2D eigenvalue weighted by molar-refractivity contribution is -0.148. The summed E-state index contributed by atoms with van der Waals surface area (Å²) in [6, 6.07) is 10.8. The van der Waals surface area contributed by atoms with Gasteiger partial charge in [-0.25, -0.2) is 14.2 Å². The Balaban J connectivity index is 0.00000127. The number of hydrogen-bond donors (Lipinski definition) is 0. The van der Waals surface area contributed by atoms with Crippen molar-refractivity contribution in [3.8, 4) is 11.1 Å². The van der Waals surface area contributed by atoms with Gasteiger partial charge in [0.25, 0.3) is 0 Å². The van der Waals surface area contributed by atoms with Gasteiger partial charge in [0.2, 0.25) is 0 Å². The fourth-order valence-corrected chi connectivity index (χ4v) is 5.87. The molecule has 1 atom stereocenters. The smallest absolute Gasteiger partial charge is 0.335 e. The normalized spacial score (nSPS) is 15.5. The van der Waals surface area contributed by atoms with Crippen LogP contribution in [0.1, 0.15) is 98.7 Å². The van der Waals surface area contributed by atoms with Gasteiger partial charge in [-0.3, -0.25) is 4.79 Å². The second kappa shape index (κ2) is 16.9. The number of ether oxygens (including phenoxy) is 1. The van der Waals surface area contributed by atoms with Crippen LogP contribution >= 0.6 is 0 Å². The summed E-state index contributed by atoms with van der Waals surface area (Å²) < 4.78 is 22.6. The summed E-state index contributed by atoms with van der Waals surface area (Å²) >= 11 is 0. The van der Waals surface area contributed by atoms with Crippen molar-refractivity contribution >= 4 is 18.3 Å². The molecule has 1 saturated heterocycles. The van der Waals surface area contributed by atoms with E-state index < -0.39 is 17.8 Å². The van der Waals surface area contributed by atoms with E-state index >= 15 is 4.39 Å². The molecule has 0 saturated carbocycles. The number of piperidine rings is 1. The number of aryl methyl sites for hydroxylation is 1. The molecular formula is C36H49FN4O3. The highest BCUT2D eigenvalue weighted by molar-refractivity contribution is 5.85. The Morgan fingerprint density at radius 1 is 1.09 bits per heavy atom. The van der Waals surface area contributed by atoms with Crippen LogP contribution < -0.4 is 0 Å². The van der Waals surface area contributed by atoms with E-state index in [2.05, 4.69) is 33.6 Å². The standard InChI is InChI=1S/C32H37FN4O3.2C2H6/c1-4-40-32(39)31(30-29-6-5-14-37(29)21-34-30)36(3)17-13-25-18-26(19-28(33)27(25)20-38)23-9-7-22(8-10-23)24-11-15-35(2)16-12-24;2*1-2/h7-10,13,17-21,24,31H,4-6,11-12,14-16H2,1-3H3;2*1-2H3/b17-13-;;. The number of carbonyl (C=O) groups excluding carboxylic acids is 2. The van der Waals surface area contributed by atoms with Crippen LogP contribution in [0.25, 0.3) is 17.2 Å². The number of aromatic nitrogens is 2. The van der Waals surface area contributed by atoms with E-state index in [0.717, 1.165) is 56.6 Å². The molecule has 2 aliphatic rings. The van der Waals surface area contributed by atoms with E-state index in [1.807, 2.05) is 45.9 Å². The minimum atomic E-state index is -0.745. The van der Waals surface area contributed by atoms with Crippen LogP contribution in [0.15, 0.2) is 48.9 Å². The molecule has 1 unspecified atom stereocenters. The van der Waals surface area contributed by atoms with Crippen molar-refractivity contribution in [1.29, 1.82) is 0 Å². The minimum Gasteiger partial charge on any atom is -0.464 e. The van der Waals surface area contributed by atoms with Crippen molar-refractivity contribution in [3.63, 3.8) is 0 Å². The van der Waals surface area contributed by atoms with Crippen molar-refractivity contribution in [2.75, 3.05) is 33.8 Å². The number of likely N-dealkylation sites (N-methyl/N-ethyl adjacent to an activating group) is 1. The number of hydrogen-bond acceptors (Lipinski definition) is 6. The Bertz CT molecular complexity index is 1390. The maximum absolute atomic E-state index is 15.1. The lowest BCUT2D eigenvalue weighted by atomic mass is 9.88. The van der Waals surface area contributed by atoms with Crippen LogP contribution in [0, 0.1) is 5.82 Å². The summed E-state index contributed by atoms with van der Waals surface area (Å²) in [5.41, 5.74) is 5.00. The number of esters is 1. The van der Waals surface area contributed by atoms with E-state index in [9.17, 15) is 9.59 Å². The molecule has 7 nitrogen and oxygen atoms in total. The fourth-order valence-electron chi connectivity index (χ4n) is 5.87. The molecule has 238 valence electrons. The summed E-state index contributed by atoms with van der Waals surface area (Å²) in [4.78, 5) is 33.5. The number of carbonyl (C=O) groups is 2. The molecule has 3 heterocycles. The first-order valence-electron chi connectivity index (χ1n) is 16.1. The van der Waals surface area contributed by atoms with Gasteiger partial charge < -0.3 is 19.1 Å². The minimum absolute atomic E-state index is 0.0214. The van der Waals surface area contributed by atoms with Gasteiger partial charge in [0.15, 0.2) is 12.3 Å². The highest BCUT2D eigenvalue weighted by atomic mass is 19.1. The quantitative estimate of drug-likeness (QED) is 0.186. The summed E-state index contributed by atoms with van der Waals surface area (Å²) in [5, 5.41) is 0.